The van der Waals surface area contributed by atoms with Gasteiger partial charge in [0.1, 0.15) is 0 Å². The van der Waals surface area contributed by atoms with Gasteiger partial charge < -0.3 is 0 Å². The summed E-state index contributed by atoms with van der Waals surface area (Å²) in [5.41, 5.74) is 0. The van der Waals surface area contributed by atoms with Crippen molar-refractivity contribution in [2.45, 2.75) is 151 Å². The first-order valence-electron chi connectivity index (χ1n) is 15.5. The van der Waals surface area contributed by atoms with Crippen molar-refractivity contribution in [1.29, 1.82) is 0 Å². The van der Waals surface area contributed by atoms with Crippen LogP contribution in [0.5, 0.6) is 0 Å². The summed E-state index contributed by atoms with van der Waals surface area (Å²) in [7, 11) is -3.60. The molecule has 214 valence electrons. The van der Waals surface area contributed by atoms with E-state index in [2.05, 4.69) is 41.5 Å². The Labute approximate surface area is 221 Å². The van der Waals surface area contributed by atoms with Crippen LogP contribution in [0.1, 0.15) is 151 Å². The summed E-state index contributed by atoms with van der Waals surface area (Å²) in [4.78, 5) is 0. The number of unbranched alkanes of at least 4 members (excludes halogenated alkanes) is 12. The molecule has 0 rings (SSSR count). The van der Waals surface area contributed by atoms with Gasteiger partial charge in [0.25, 0.3) is 0 Å². The van der Waals surface area contributed by atoms with Crippen LogP contribution in [-0.2, 0) is 17.9 Å². The predicted molar refractivity (Wildman–Crippen MR) is 160 cm³/mol. The Kier molecular flexibility index (Phi) is 21.8. The molecule has 0 aromatic heterocycles. The van der Waals surface area contributed by atoms with Crippen molar-refractivity contribution in [3.05, 3.63) is 0 Å². The maximum atomic E-state index is 14.2. The molecule has 0 radical (unpaired) electrons. The van der Waals surface area contributed by atoms with Crippen LogP contribution in [0.3, 0.4) is 0 Å². The molecule has 4 nitrogen and oxygen atoms in total. The molecule has 0 atom stereocenters. The molecular formula is C29H64O4P2. The van der Waals surface area contributed by atoms with Gasteiger partial charge in [0.2, 0.25) is 0 Å². The summed E-state index contributed by atoms with van der Waals surface area (Å²) in [6, 6.07) is 0. The Balaban J connectivity index is 5.46. The average Bonchev–Trinajstić information content (AvgIpc) is 2.85. The van der Waals surface area contributed by atoms with Crippen LogP contribution >= 0.6 is 14.7 Å². The van der Waals surface area contributed by atoms with E-state index in [4.69, 9.17) is 13.4 Å². The molecule has 0 spiro atoms. The monoisotopic (exact) mass is 538 g/mol. The molecule has 0 unspecified atom stereocenters. The molecule has 0 saturated carbocycles. The zero-order chi connectivity index (χ0) is 26.3. The molecule has 0 aliphatic rings. The van der Waals surface area contributed by atoms with Gasteiger partial charge in [-0.25, -0.2) is 0 Å². The van der Waals surface area contributed by atoms with E-state index in [0.717, 1.165) is 82.4 Å². The normalized spacial score (nSPS) is 13.7. The quantitative estimate of drug-likeness (QED) is 0.0770. The number of hydrogen-bond donors (Lipinski definition) is 0. The zero-order valence-corrected chi connectivity index (χ0v) is 26.6. The summed E-state index contributed by atoms with van der Waals surface area (Å²) in [5, 5.41) is 0. The third-order valence-corrected chi connectivity index (χ3v) is 17.3. The Morgan fingerprint density at radius 1 is 0.486 bits per heavy atom. The first kappa shape index (κ1) is 35.5. The molecule has 0 aromatic rings. The molecular weight excluding hydrogens is 474 g/mol. The summed E-state index contributed by atoms with van der Waals surface area (Å²) >= 11 is 0. The van der Waals surface area contributed by atoms with Gasteiger partial charge in [-0.3, -0.25) is 0 Å². The van der Waals surface area contributed by atoms with Crippen molar-refractivity contribution >= 4 is 14.7 Å². The second-order valence-electron chi connectivity index (χ2n) is 10.8. The third kappa shape index (κ3) is 15.5. The molecule has 0 aliphatic heterocycles. The summed E-state index contributed by atoms with van der Waals surface area (Å²) < 4.78 is 33.4. The molecule has 0 aliphatic carbocycles. The SMILES string of the molecule is CCCCCCCCOP(=O)(OCCCCCCCC)OP(CC)(CCC)(CCCC)CCCC. The van der Waals surface area contributed by atoms with E-state index in [1.54, 1.807) is 0 Å². The number of rotatable bonds is 27. The zero-order valence-electron chi connectivity index (χ0n) is 24.8. The molecule has 0 N–H and O–H groups in total. The second-order valence-corrected chi connectivity index (χ2v) is 18.5. The van der Waals surface area contributed by atoms with Gasteiger partial charge in [-0.15, -0.1) is 0 Å². The van der Waals surface area contributed by atoms with Gasteiger partial charge in [-0.1, -0.05) is 0 Å². The molecule has 0 fully saturated rings. The van der Waals surface area contributed by atoms with Gasteiger partial charge in [-0.2, -0.15) is 0 Å². The first-order chi connectivity index (χ1) is 16.9. The van der Waals surface area contributed by atoms with Crippen molar-refractivity contribution in [3.63, 3.8) is 0 Å². The maximum absolute atomic E-state index is 14.2. The van der Waals surface area contributed by atoms with Crippen LogP contribution in [0.4, 0.5) is 0 Å². The van der Waals surface area contributed by atoms with E-state index in [0.29, 0.717) is 13.2 Å². The topological polar surface area (TPSA) is 44.8 Å². The standard InChI is InChI=1S/C29H64O4P2/c1-7-13-17-19-21-23-25-31-34(30,32-26-24-22-20-18-14-8-2)33-35(12-6,27-11-5,28-15-9-3)29-16-10-4/h7-29H2,1-6H3. The first-order valence-corrected chi connectivity index (χ1v) is 19.9. The van der Waals surface area contributed by atoms with E-state index in [9.17, 15) is 4.57 Å². The summed E-state index contributed by atoms with van der Waals surface area (Å²) in [6.07, 6.45) is 23.9. The molecule has 35 heavy (non-hydrogen) atoms. The molecule has 6 heteroatoms. The van der Waals surface area contributed by atoms with Crippen LogP contribution < -0.4 is 0 Å². The van der Waals surface area contributed by atoms with Gasteiger partial charge >= 0.3 is 221 Å². The Hall–Kier alpha value is 0.540. The van der Waals surface area contributed by atoms with E-state index in [1.165, 1.54) is 51.4 Å². The second kappa shape index (κ2) is 21.5. The fraction of sp³-hybridized carbons (Fsp3) is 1.00. The Morgan fingerprint density at radius 2 is 0.886 bits per heavy atom. The van der Waals surface area contributed by atoms with Crippen LogP contribution in [0.2, 0.25) is 0 Å². The van der Waals surface area contributed by atoms with E-state index in [1.807, 2.05) is 0 Å². The van der Waals surface area contributed by atoms with Crippen molar-refractivity contribution < 1.29 is 17.9 Å². The summed E-state index contributed by atoms with van der Waals surface area (Å²) in [5.74, 6) is 0. The van der Waals surface area contributed by atoms with Crippen LogP contribution in [0, 0.1) is 0 Å². The Bertz CT molecular complexity index is 497. The minimum atomic E-state index is -3.60. The number of phosphoric ester groups is 1. The van der Waals surface area contributed by atoms with E-state index < -0.39 is 14.7 Å². The van der Waals surface area contributed by atoms with Gasteiger partial charge in [0, 0.05) is 0 Å². The minimum absolute atomic E-state index is 0.476. The van der Waals surface area contributed by atoms with E-state index in [-0.39, 0.29) is 0 Å². The number of phosphoric acid groups is 1. The fourth-order valence-electron chi connectivity index (χ4n) is 5.16. The van der Waals surface area contributed by atoms with Crippen LogP contribution in [0.15, 0.2) is 0 Å². The van der Waals surface area contributed by atoms with Crippen LogP contribution in [0.25, 0.3) is 0 Å². The van der Waals surface area contributed by atoms with E-state index >= 15 is 0 Å². The van der Waals surface area contributed by atoms with Crippen molar-refractivity contribution in [2.24, 2.45) is 0 Å². The Morgan fingerprint density at radius 3 is 1.26 bits per heavy atom. The van der Waals surface area contributed by atoms with Gasteiger partial charge in [0.15, 0.2) is 0 Å². The van der Waals surface area contributed by atoms with Gasteiger partial charge in [0.05, 0.1) is 0 Å². The fourth-order valence-corrected chi connectivity index (χ4v) is 15.0. The molecule has 0 bridgehead atoms. The van der Waals surface area contributed by atoms with Crippen molar-refractivity contribution in [2.75, 3.05) is 37.9 Å². The average molecular weight is 539 g/mol. The van der Waals surface area contributed by atoms with Crippen molar-refractivity contribution in [3.8, 4) is 0 Å². The summed E-state index contributed by atoms with van der Waals surface area (Å²) in [6.45, 7) is 11.8. The third-order valence-electron chi connectivity index (χ3n) is 7.57. The van der Waals surface area contributed by atoms with Gasteiger partial charge in [-0.05, 0) is 0 Å². The molecule has 0 amide bonds. The predicted octanol–water partition coefficient (Wildman–Crippen LogP) is 11.4. The number of hydrogen-bond acceptors (Lipinski definition) is 4. The molecule has 0 aromatic carbocycles. The molecule has 0 heterocycles. The molecule has 0 saturated heterocycles. The van der Waals surface area contributed by atoms with Crippen LogP contribution in [-0.4, -0.2) is 37.9 Å². The van der Waals surface area contributed by atoms with Crippen molar-refractivity contribution in [1.82, 2.24) is 0 Å².